The maximum absolute atomic E-state index is 12.0. The van der Waals surface area contributed by atoms with E-state index in [9.17, 15) is 4.79 Å². The molecule has 0 aliphatic heterocycles. The molecule has 2 rings (SSSR count). The van der Waals surface area contributed by atoms with Crippen LogP contribution in [0.25, 0.3) is 0 Å². The number of hydrogen-bond donors (Lipinski definition) is 2. The van der Waals surface area contributed by atoms with Gasteiger partial charge in [0.1, 0.15) is 12.3 Å². The number of rotatable bonds is 6. The van der Waals surface area contributed by atoms with E-state index in [0.29, 0.717) is 6.54 Å². The minimum absolute atomic E-state index is 0.00767. The average Bonchev–Trinajstić information content (AvgIpc) is 2.84. The summed E-state index contributed by atoms with van der Waals surface area (Å²) >= 11 is 5.15. The SMILES string of the molecule is COc1ccc(NC(=O)C[NH+](C)Cc2ccc(Br)s2)cc1. The lowest BCUT2D eigenvalue weighted by atomic mass is 10.3. The van der Waals surface area contributed by atoms with Crippen LogP contribution in [0.3, 0.4) is 0 Å². The molecule has 1 amide bonds. The summed E-state index contributed by atoms with van der Waals surface area (Å²) in [5.74, 6) is 0.785. The first-order valence-electron chi connectivity index (χ1n) is 6.56. The topological polar surface area (TPSA) is 42.8 Å². The van der Waals surface area contributed by atoms with Gasteiger partial charge in [-0.15, -0.1) is 11.3 Å². The molecule has 1 heterocycles. The summed E-state index contributed by atoms with van der Waals surface area (Å²) in [6, 6.07) is 11.4. The quantitative estimate of drug-likeness (QED) is 0.819. The Morgan fingerprint density at radius 1 is 1.29 bits per heavy atom. The Morgan fingerprint density at radius 3 is 2.57 bits per heavy atom. The summed E-state index contributed by atoms with van der Waals surface area (Å²) in [6.45, 7) is 1.27. The Bertz CT molecular complexity index is 598. The van der Waals surface area contributed by atoms with E-state index in [-0.39, 0.29) is 5.91 Å². The van der Waals surface area contributed by atoms with E-state index in [0.717, 1.165) is 26.7 Å². The van der Waals surface area contributed by atoms with E-state index < -0.39 is 0 Å². The van der Waals surface area contributed by atoms with Gasteiger partial charge in [-0.05, 0) is 52.3 Å². The number of ether oxygens (including phenoxy) is 1. The molecule has 0 aliphatic rings. The number of hydrogen-bond acceptors (Lipinski definition) is 3. The molecule has 0 radical (unpaired) electrons. The lowest BCUT2D eigenvalue weighted by Gasteiger charge is -2.13. The van der Waals surface area contributed by atoms with Gasteiger partial charge in [0.2, 0.25) is 0 Å². The van der Waals surface area contributed by atoms with E-state index in [1.165, 1.54) is 4.88 Å². The number of carbonyl (C=O) groups excluding carboxylic acids is 1. The highest BCUT2D eigenvalue weighted by atomic mass is 79.9. The van der Waals surface area contributed by atoms with Gasteiger partial charge in [-0.25, -0.2) is 0 Å². The van der Waals surface area contributed by atoms with E-state index >= 15 is 0 Å². The average molecular weight is 370 g/mol. The highest BCUT2D eigenvalue weighted by molar-refractivity contribution is 9.11. The fourth-order valence-electron chi connectivity index (χ4n) is 1.96. The van der Waals surface area contributed by atoms with Crippen LogP contribution in [0.4, 0.5) is 5.69 Å². The molecular formula is C15H18BrN2O2S+. The van der Waals surface area contributed by atoms with Crippen LogP contribution in [0, 0.1) is 0 Å². The van der Waals surface area contributed by atoms with Crippen molar-refractivity contribution < 1.29 is 14.4 Å². The lowest BCUT2D eigenvalue weighted by Crippen LogP contribution is -3.08. The smallest absolute Gasteiger partial charge is 0.279 e. The monoisotopic (exact) mass is 369 g/mol. The van der Waals surface area contributed by atoms with Crippen molar-refractivity contribution in [3.63, 3.8) is 0 Å². The highest BCUT2D eigenvalue weighted by Gasteiger charge is 2.12. The molecule has 0 spiro atoms. The number of thiophene rings is 1. The van der Waals surface area contributed by atoms with Gasteiger partial charge in [0.05, 0.1) is 22.8 Å². The number of nitrogens with one attached hydrogen (secondary N) is 2. The number of quaternary nitrogens is 1. The highest BCUT2D eigenvalue weighted by Crippen LogP contribution is 2.21. The molecule has 0 fully saturated rings. The third-order valence-corrected chi connectivity index (χ3v) is 4.56. The predicted molar refractivity (Wildman–Crippen MR) is 89.1 cm³/mol. The van der Waals surface area contributed by atoms with E-state index in [1.54, 1.807) is 18.4 Å². The number of methoxy groups -OCH3 is 1. The molecule has 6 heteroatoms. The lowest BCUT2D eigenvalue weighted by molar-refractivity contribution is -0.884. The summed E-state index contributed by atoms with van der Waals surface area (Å²) in [5.41, 5.74) is 0.785. The van der Waals surface area contributed by atoms with Crippen molar-refractivity contribution >= 4 is 38.9 Å². The minimum atomic E-state index is 0.00767. The molecule has 1 aromatic carbocycles. The minimum Gasteiger partial charge on any atom is -0.497 e. The molecule has 0 aliphatic carbocycles. The van der Waals surface area contributed by atoms with Crippen molar-refractivity contribution in [3.8, 4) is 5.75 Å². The normalized spacial score (nSPS) is 12.0. The second-order valence-corrected chi connectivity index (χ2v) is 7.34. The Balaban J connectivity index is 1.82. The van der Waals surface area contributed by atoms with Crippen molar-refractivity contribution in [2.75, 3.05) is 26.0 Å². The number of amides is 1. The van der Waals surface area contributed by atoms with Gasteiger partial charge < -0.3 is 15.0 Å². The van der Waals surface area contributed by atoms with E-state index in [1.807, 2.05) is 37.4 Å². The summed E-state index contributed by atoms with van der Waals surface area (Å²) in [4.78, 5) is 14.4. The first kappa shape index (κ1) is 16.0. The van der Waals surface area contributed by atoms with Crippen LogP contribution in [0.1, 0.15) is 4.88 Å². The van der Waals surface area contributed by atoms with Crippen molar-refractivity contribution in [3.05, 3.63) is 45.1 Å². The largest absolute Gasteiger partial charge is 0.497 e. The molecule has 1 atom stereocenters. The first-order chi connectivity index (χ1) is 10.1. The summed E-state index contributed by atoms with van der Waals surface area (Å²) < 4.78 is 6.21. The summed E-state index contributed by atoms with van der Waals surface area (Å²) in [6.07, 6.45) is 0. The Morgan fingerprint density at radius 2 is 2.00 bits per heavy atom. The Labute approximate surface area is 136 Å². The zero-order chi connectivity index (χ0) is 15.2. The molecule has 112 valence electrons. The van der Waals surface area contributed by atoms with Crippen LogP contribution >= 0.6 is 27.3 Å². The fraction of sp³-hybridized carbons (Fsp3) is 0.267. The molecule has 1 unspecified atom stereocenters. The Hall–Kier alpha value is -1.37. The molecular weight excluding hydrogens is 352 g/mol. The zero-order valence-corrected chi connectivity index (χ0v) is 14.4. The van der Waals surface area contributed by atoms with Gasteiger partial charge in [0.15, 0.2) is 6.54 Å². The van der Waals surface area contributed by atoms with Crippen LogP contribution in [0.2, 0.25) is 0 Å². The molecule has 0 saturated heterocycles. The number of halogens is 1. The van der Waals surface area contributed by atoms with E-state index in [2.05, 4.69) is 27.3 Å². The number of carbonyl (C=O) groups is 1. The molecule has 0 bridgehead atoms. The maximum Gasteiger partial charge on any atom is 0.279 e. The van der Waals surface area contributed by atoms with Crippen LogP contribution < -0.4 is 15.0 Å². The Kier molecular flexibility index (Phi) is 5.78. The second kappa shape index (κ2) is 7.59. The van der Waals surface area contributed by atoms with Gasteiger partial charge >= 0.3 is 0 Å². The molecule has 0 saturated carbocycles. The first-order valence-corrected chi connectivity index (χ1v) is 8.17. The molecule has 1 aromatic heterocycles. The van der Waals surface area contributed by atoms with Gasteiger partial charge in [0.25, 0.3) is 5.91 Å². The number of benzene rings is 1. The third-order valence-electron chi connectivity index (χ3n) is 2.94. The summed E-state index contributed by atoms with van der Waals surface area (Å²) in [5, 5.41) is 2.89. The van der Waals surface area contributed by atoms with Gasteiger partial charge in [-0.1, -0.05) is 0 Å². The van der Waals surface area contributed by atoms with Gasteiger partial charge in [0, 0.05) is 5.69 Å². The number of anilines is 1. The van der Waals surface area contributed by atoms with Gasteiger partial charge in [-0.2, -0.15) is 0 Å². The molecule has 2 aromatic rings. The maximum atomic E-state index is 12.0. The van der Waals surface area contributed by atoms with Crippen LogP contribution in [0.15, 0.2) is 40.2 Å². The predicted octanol–water partition coefficient (Wildman–Crippen LogP) is 2.17. The second-order valence-electron chi connectivity index (χ2n) is 4.79. The standard InChI is InChI=1S/C15H17BrN2O2S/c1-18(9-13-7-8-14(16)21-13)10-15(19)17-11-3-5-12(20-2)6-4-11/h3-8H,9-10H2,1-2H3,(H,17,19)/p+1. The third kappa shape index (κ3) is 5.15. The summed E-state index contributed by atoms with van der Waals surface area (Å²) in [7, 11) is 3.63. The molecule has 4 nitrogen and oxygen atoms in total. The van der Waals surface area contributed by atoms with E-state index in [4.69, 9.17) is 4.74 Å². The van der Waals surface area contributed by atoms with Crippen molar-refractivity contribution in [2.24, 2.45) is 0 Å². The molecule has 21 heavy (non-hydrogen) atoms. The van der Waals surface area contributed by atoms with Crippen molar-refractivity contribution in [2.45, 2.75) is 6.54 Å². The van der Waals surface area contributed by atoms with Gasteiger partial charge in [-0.3, -0.25) is 4.79 Å². The van der Waals surface area contributed by atoms with Crippen LogP contribution in [0.5, 0.6) is 5.75 Å². The van der Waals surface area contributed by atoms with Crippen molar-refractivity contribution in [1.29, 1.82) is 0 Å². The van der Waals surface area contributed by atoms with Crippen LogP contribution in [-0.4, -0.2) is 26.6 Å². The van der Waals surface area contributed by atoms with Crippen molar-refractivity contribution in [1.82, 2.24) is 0 Å². The number of likely N-dealkylation sites (N-methyl/N-ethyl adjacent to an activating group) is 1. The van der Waals surface area contributed by atoms with Crippen LogP contribution in [-0.2, 0) is 11.3 Å². The zero-order valence-electron chi connectivity index (χ0n) is 12.0. The fourth-order valence-corrected chi connectivity index (χ4v) is 3.56. The molecule has 2 N–H and O–H groups in total.